The molecule has 0 spiro atoms. The molecule has 98 valence electrons. The standard InChI is InChI=1S/C13H9Cl2NO3/c14-7-4-5-10(9(16)6-7)19-11-3-1-2-8(12(11)15)13(17)18/h1-6H,16H2,(H,17,18). The number of hydrogen-bond donors (Lipinski definition) is 2. The SMILES string of the molecule is Nc1cc(Cl)ccc1Oc1cccc(C(=O)O)c1Cl. The topological polar surface area (TPSA) is 72.5 Å². The van der Waals surface area contributed by atoms with E-state index in [1.807, 2.05) is 0 Å². The molecule has 4 nitrogen and oxygen atoms in total. The normalized spacial score (nSPS) is 10.2. The van der Waals surface area contributed by atoms with Gasteiger partial charge in [0.05, 0.1) is 16.3 Å². The van der Waals surface area contributed by atoms with E-state index in [0.29, 0.717) is 16.5 Å². The van der Waals surface area contributed by atoms with E-state index in [1.54, 1.807) is 18.2 Å². The van der Waals surface area contributed by atoms with Gasteiger partial charge in [-0.3, -0.25) is 0 Å². The van der Waals surface area contributed by atoms with E-state index in [1.165, 1.54) is 18.2 Å². The number of nitrogen functional groups attached to an aromatic ring is 1. The van der Waals surface area contributed by atoms with Gasteiger partial charge in [-0.05, 0) is 30.3 Å². The highest BCUT2D eigenvalue weighted by atomic mass is 35.5. The van der Waals surface area contributed by atoms with Crippen LogP contribution in [0.1, 0.15) is 10.4 Å². The molecular formula is C13H9Cl2NO3. The van der Waals surface area contributed by atoms with Crippen LogP contribution in [-0.4, -0.2) is 11.1 Å². The molecule has 3 N–H and O–H groups in total. The van der Waals surface area contributed by atoms with Gasteiger partial charge in [-0.15, -0.1) is 0 Å². The van der Waals surface area contributed by atoms with Crippen LogP contribution in [0, 0.1) is 0 Å². The Morgan fingerprint density at radius 3 is 2.53 bits per heavy atom. The number of halogens is 2. The van der Waals surface area contributed by atoms with Crippen molar-refractivity contribution >= 4 is 34.9 Å². The molecule has 0 unspecified atom stereocenters. The average Bonchev–Trinajstić information content (AvgIpc) is 2.34. The Labute approximate surface area is 119 Å². The second kappa shape index (κ2) is 5.38. The van der Waals surface area contributed by atoms with E-state index in [9.17, 15) is 4.79 Å². The van der Waals surface area contributed by atoms with Crippen molar-refractivity contribution in [1.29, 1.82) is 0 Å². The van der Waals surface area contributed by atoms with Crippen LogP contribution in [0.25, 0.3) is 0 Å². The van der Waals surface area contributed by atoms with Crippen molar-refractivity contribution in [2.45, 2.75) is 0 Å². The maximum Gasteiger partial charge on any atom is 0.337 e. The number of anilines is 1. The van der Waals surface area contributed by atoms with Crippen molar-refractivity contribution in [3.05, 3.63) is 52.0 Å². The lowest BCUT2D eigenvalue weighted by Gasteiger charge is -2.11. The van der Waals surface area contributed by atoms with Gasteiger partial charge in [-0.2, -0.15) is 0 Å². The zero-order valence-corrected chi connectivity index (χ0v) is 11.1. The summed E-state index contributed by atoms with van der Waals surface area (Å²) < 4.78 is 5.51. The minimum atomic E-state index is -1.13. The molecule has 2 rings (SSSR count). The molecule has 19 heavy (non-hydrogen) atoms. The van der Waals surface area contributed by atoms with Crippen molar-refractivity contribution in [3.8, 4) is 11.5 Å². The van der Waals surface area contributed by atoms with Crippen LogP contribution in [-0.2, 0) is 0 Å². The fourth-order valence-corrected chi connectivity index (χ4v) is 1.91. The molecular weight excluding hydrogens is 289 g/mol. The minimum Gasteiger partial charge on any atom is -0.478 e. The molecule has 0 aliphatic carbocycles. The van der Waals surface area contributed by atoms with Gasteiger partial charge in [0.15, 0.2) is 0 Å². The first kappa shape index (κ1) is 13.5. The predicted molar refractivity (Wildman–Crippen MR) is 74.3 cm³/mol. The summed E-state index contributed by atoms with van der Waals surface area (Å²) in [4.78, 5) is 11.0. The molecule has 0 aromatic heterocycles. The number of aromatic carboxylic acids is 1. The third kappa shape index (κ3) is 2.92. The summed E-state index contributed by atoms with van der Waals surface area (Å²) in [6, 6.07) is 9.22. The molecule has 0 radical (unpaired) electrons. The third-order valence-corrected chi connectivity index (χ3v) is 3.01. The lowest BCUT2D eigenvalue weighted by molar-refractivity contribution is 0.0696. The Morgan fingerprint density at radius 2 is 1.89 bits per heavy atom. The molecule has 0 amide bonds. The maximum absolute atomic E-state index is 11.0. The summed E-state index contributed by atoms with van der Waals surface area (Å²) >= 11 is 11.7. The average molecular weight is 298 g/mol. The van der Waals surface area contributed by atoms with E-state index < -0.39 is 5.97 Å². The Bertz CT molecular complexity index is 644. The largest absolute Gasteiger partial charge is 0.478 e. The summed E-state index contributed by atoms with van der Waals surface area (Å²) in [5, 5.41) is 9.46. The van der Waals surface area contributed by atoms with Crippen LogP contribution in [0.3, 0.4) is 0 Å². The van der Waals surface area contributed by atoms with Gasteiger partial charge in [0.2, 0.25) is 0 Å². The monoisotopic (exact) mass is 297 g/mol. The number of rotatable bonds is 3. The molecule has 0 aliphatic rings. The zero-order chi connectivity index (χ0) is 14.0. The van der Waals surface area contributed by atoms with Gasteiger partial charge in [0.1, 0.15) is 11.5 Å². The molecule has 0 bridgehead atoms. The second-order valence-corrected chi connectivity index (χ2v) is 4.52. The van der Waals surface area contributed by atoms with E-state index in [4.69, 9.17) is 38.8 Å². The van der Waals surface area contributed by atoms with Gasteiger partial charge < -0.3 is 15.6 Å². The highest BCUT2D eigenvalue weighted by molar-refractivity contribution is 6.35. The highest BCUT2D eigenvalue weighted by Crippen LogP contribution is 2.35. The Kier molecular flexibility index (Phi) is 3.83. The van der Waals surface area contributed by atoms with Crippen molar-refractivity contribution in [2.24, 2.45) is 0 Å². The quantitative estimate of drug-likeness (QED) is 0.838. The first-order valence-corrected chi connectivity index (χ1v) is 5.99. The molecule has 0 saturated heterocycles. The molecule has 0 saturated carbocycles. The number of hydrogen-bond acceptors (Lipinski definition) is 3. The van der Waals surface area contributed by atoms with Crippen LogP contribution < -0.4 is 10.5 Å². The molecule has 2 aromatic carbocycles. The van der Waals surface area contributed by atoms with Gasteiger partial charge in [0.25, 0.3) is 0 Å². The van der Waals surface area contributed by atoms with Crippen LogP contribution in [0.4, 0.5) is 5.69 Å². The van der Waals surface area contributed by atoms with Crippen molar-refractivity contribution in [3.63, 3.8) is 0 Å². The summed E-state index contributed by atoms with van der Waals surface area (Å²) in [6.07, 6.45) is 0. The maximum atomic E-state index is 11.0. The smallest absolute Gasteiger partial charge is 0.337 e. The number of carboxylic acid groups (broad SMARTS) is 1. The van der Waals surface area contributed by atoms with E-state index in [-0.39, 0.29) is 16.3 Å². The third-order valence-electron chi connectivity index (χ3n) is 2.39. The molecule has 0 fully saturated rings. The van der Waals surface area contributed by atoms with Crippen LogP contribution >= 0.6 is 23.2 Å². The van der Waals surface area contributed by atoms with E-state index in [0.717, 1.165) is 0 Å². The Hall–Kier alpha value is -1.91. The number of nitrogens with two attached hydrogens (primary N) is 1. The minimum absolute atomic E-state index is 0.0179. The number of carbonyl (C=O) groups is 1. The summed E-state index contributed by atoms with van der Waals surface area (Å²) in [5.74, 6) is -0.552. The van der Waals surface area contributed by atoms with Gasteiger partial charge in [-0.1, -0.05) is 29.3 Å². The van der Waals surface area contributed by atoms with E-state index >= 15 is 0 Å². The predicted octanol–water partition coefficient (Wildman–Crippen LogP) is 4.07. The molecule has 2 aromatic rings. The number of ether oxygens (including phenoxy) is 1. The highest BCUT2D eigenvalue weighted by Gasteiger charge is 2.14. The first-order chi connectivity index (χ1) is 8.99. The van der Waals surface area contributed by atoms with Gasteiger partial charge in [0, 0.05) is 5.02 Å². The van der Waals surface area contributed by atoms with Gasteiger partial charge >= 0.3 is 5.97 Å². The summed E-state index contributed by atoms with van der Waals surface area (Å²) in [5.41, 5.74) is 6.05. The first-order valence-electron chi connectivity index (χ1n) is 5.23. The van der Waals surface area contributed by atoms with Crippen molar-refractivity contribution < 1.29 is 14.6 Å². The van der Waals surface area contributed by atoms with Crippen molar-refractivity contribution in [1.82, 2.24) is 0 Å². The number of benzene rings is 2. The molecule has 0 atom stereocenters. The fraction of sp³-hybridized carbons (Fsp3) is 0. The molecule has 6 heteroatoms. The molecule has 0 aliphatic heterocycles. The van der Waals surface area contributed by atoms with Crippen LogP contribution in [0.2, 0.25) is 10.0 Å². The molecule has 0 heterocycles. The van der Waals surface area contributed by atoms with Crippen LogP contribution in [0.5, 0.6) is 11.5 Å². The lowest BCUT2D eigenvalue weighted by atomic mass is 10.2. The van der Waals surface area contributed by atoms with E-state index in [2.05, 4.69) is 0 Å². The zero-order valence-electron chi connectivity index (χ0n) is 9.56. The lowest BCUT2D eigenvalue weighted by Crippen LogP contribution is -1.99. The Balaban J connectivity index is 2.38. The summed E-state index contributed by atoms with van der Waals surface area (Å²) in [6.45, 7) is 0. The summed E-state index contributed by atoms with van der Waals surface area (Å²) in [7, 11) is 0. The number of carboxylic acids is 1. The van der Waals surface area contributed by atoms with Crippen LogP contribution in [0.15, 0.2) is 36.4 Å². The fourth-order valence-electron chi connectivity index (χ4n) is 1.49. The second-order valence-electron chi connectivity index (χ2n) is 3.71. The Morgan fingerprint density at radius 1 is 1.16 bits per heavy atom. The van der Waals surface area contributed by atoms with Gasteiger partial charge in [-0.25, -0.2) is 4.79 Å². The van der Waals surface area contributed by atoms with Crippen molar-refractivity contribution in [2.75, 3.05) is 5.73 Å².